The highest BCUT2D eigenvalue weighted by molar-refractivity contribution is 5.95. The molecule has 5 atom stereocenters. The molecule has 3 rings (SSSR count). The molecule has 3 aliphatic rings. The Morgan fingerprint density at radius 3 is 2.20 bits per heavy atom. The zero-order chi connectivity index (χ0) is 30.6. The molecule has 14 heteroatoms. The van der Waals surface area contributed by atoms with E-state index in [2.05, 4.69) is 10.7 Å². The average molecular weight is 576 g/mol. The maximum Gasteiger partial charge on any atom is 0.471 e. The summed E-state index contributed by atoms with van der Waals surface area (Å²) in [5.41, 5.74) is 0.169. The number of hydrogen-bond acceptors (Lipinski definition) is 6. The molecule has 0 bridgehead atoms. The molecule has 1 unspecified atom stereocenters. The largest absolute Gasteiger partial charge is 0.471 e. The van der Waals surface area contributed by atoms with Gasteiger partial charge in [0, 0.05) is 13.1 Å². The number of fused-ring (bicyclic) bond motifs is 1. The predicted molar refractivity (Wildman–Crippen MR) is 136 cm³/mol. The summed E-state index contributed by atoms with van der Waals surface area (Å²) in [4.78, 5) is 65.6. The highest BCUT2D eigenvalue weighted by atomic mass is 19.4. The van der Waals surface area contributed by atoms with Crippen LogP contribution in [-0.4, -0.2) is 83.1 Å². The first-order valence-corrected chi connectivity index (χ1v) is 13.3. The summed E-state index contributed by atoms with van der Waals surface area (Å²) in [5.74, 6) is -5.12. The quantitative estimate of drug-likeness (QED) is 0.429. The Balaban J connectivity index is 1.88. The van der Waals surface area contributed by atoms with E-state index in [4.69, 9.17) is 4.74 Å². The Kier molecular flexibility index (Phi) is 8.18. The van der Waals surface area contributed by atoms with Crippen molar-refractivity contribution in [3.05, 3.63) is 0 Å². The third-order valence-corrected chi connectivity index (χ3v) is 7.83. The van der Waals surface area contributed by atoms with Gasteiger partial charge in [-0.05, 0) is 49.9 Å². The van der Waals surface area contributed by atoms with Crippen molar-refractivity contribution in [1.29, 1.82) is 0 Å². The molecule has 11 nitrogen and oxygen atoms in total. The van der Waals surface area contributed by atoms with Gasteiger partial charge in [-0.2, -0.15) is 13.2 Å². The average Bonchev–Trinajstić information content (AvgIpc) is 3.14. The third-order valence-electron chi connectivity index (χ3n) is 7.83. The lowest BCUT2D eigenvalue weighted by molar-refractivity contribution is -0.176. The van der Waals surface area contributed by atoms with Crippen LogP contribution in [-0.2, 0) is 23.9 Å². The van der Waals surface area contributed by atoms with Gasteiger partial charge in [0.25, 0.3) is 5.91 Å². The molecule has 3 fully saturated rings. The number of nitrogens with one attached hydrogen (secondary N) is 3. The van der Waals surface area contributed by atoms with E-state index < -0.39 is 59.0 Å². The van der Waals surface area contributed by atoms with Crippen molar-refractivity contribution in [2.75, 3.05) is 19.6 Å². The van der Waals surface area contributed by atoms with Crippen molar-refractivity contribution in [3.63, 3.8) is 0 Å². The summed E-state index contributed by atoms with van der Waals surface area (Å²) in [6, 6.07) is -2.69. The fourth-order valence-corrected chi connectivity index (χ4v) is 5.56. The fraction of sp³-hybridized carbons (Fsp3) is 0.808. The first-order chi connectivity index (χ1) is 18.1. The molecule has 3 N–H and O–H groups in total. The van der Waals surface area contributed by atoms with Crippen molar-refractivity contribution >= 4 is 29.7 Å². The maximum absolute atomic E-state index is 13.8. The first kappa shape index (κ1) is 31.5. The first-order valence-electron chi connectivity index (χ1n) is 13.3. The van der Waals surface area contributed by atoms with Crippen molar-refractivity contribution < 1.29 is 41.9 Å². The number of nitrogens with zero attached hydrogens (tertiary/aromatic N) is 2. The second-order valence-corrected chi connectivity index (χ2v) is 13.5. The minimum atomic E-state index is -5.20. The second-order valence-electron chi connectivity index (χ2n) is 13.5. The van der Waals surface area contributed by atoms with E-state index in [1.807, 2.05) is 13.8 Å². The molecule has 0 radical (unpaired) electrons. The third kappa shape index (κ3) is 6.63. The van der Waals surface area contributed by atoms with Gasteiger partial charge < -0.3 is 20.3 Å². The van der Waals surface area contributed by atoms with Gasteiger partial charge in [-0.3, -0.25) is 24.6 Å². The molecular weight excluding hydrogens is 535 g/mol. The number of amides is 5. The van der Waals surface area contributed by atoms with Gasteiger partial charge in [0.1, 0.15) is 17.7 Å². The van der Waals surface area contributed by atoms with Crippen LogP contribution in [0.3, 0.4) is 0 Å². The molecule has 226 valence electrons. The topological polar surface area (TPSA) is 137 Å². The Morgan fingerprint density at radius 1 is 1.12 bits per heavy atom. The van der Waals surface area contributed by atoms with Gasteiger partial charge in [-0.25, -0.2) is 9.80 Å². The van der Waals surface area contributed by atoms with E-state index in [0.29, 0.717) is 13.0 Å². The Bertz CT molecular complexity index is 1060. The molecule has 40 heavy (non-hydrogen) atoms. The SMILES string of the molecule is CC(C)(C)OC(=O)N(C[C@@H]1CCNC1=O)NC(=O)[C@@H]1[C@@H]2[C@H](CN1C(=O)C(NC(=O)C(F)(F)F)C(C)(C)C)C2(C)C. The second kappa shape index (κ2) is 10.4. The number of halogens is 3. The number of likely N-dealkylation sites (tertiary alicyclic amines) is 1. The Hall–Kier alpha value is -3.06. The predicted octanol–water partition coefficient (Wildman–Crippen LogP) is 1.97. The van der Waals surface area contributed by atoms with E-state index in [-0.39, 0.29) is 36.2 Å². The lowest BCUT2D eigenvalue weighted by Gasteiger charge is -2.38. The summed E-state index contributed by atoms with van der Waals surface area (Å²) < 4.78 is 44.6. The van der Waals surface area contributed by atoms with Crippen LogP contribution >= 0.6 is 0 Å². The molecule has 5 amide bonds. The van der Waals surface area contributed by atoms with Crippen LogP contribution in [0.2, 0.25) is 0 Å². The molecule has 2 heterocycles. The van der Waals surface area contributed by atoms with E-state index in [1.165, 1.54) is 25.7 Å². The lowest BCUT2D eigenvalue weighted by atomic mass is 9.85. The highest BCUT2D eigenvalue weighted by Crippen LogP contribution is 2.65. The number of piperidine rings is 1. The molecule has 0 aromatic heterocycles. The summed E-state index contributed by atoms with van der Waals surface area (Å²) in [5, 5.41) is 5.40. The fourth-order valence-electron chi connectivity index (χ4n) is 5.56. The molecule has 1 aliphatic carbocycles. The summed E-state index contributed by atoms with van der Waals surface area (Å²) in [6.45, 7) is 13.7. The number of carbonyl (C=O) groups is 5. The van der Waals surface area contributed by atoms with Crippen LogP contribution < -0.4 is 16.1 Å². The molecular formula is C26H40F3N5O6. The molecule has 0 spiro atoms. The Morgan fingerprint density at radius 2 is 1.73 bits per heavy atom. The number of hydrogen-bond donors (Lipinski definition) is 3. The zero-order valence-electron chi connectivity index (χ0n) is 24.2. The summed E-state index contributed by atoms with van der Waals surface area (Å²) in [7, 11) is 0. The van der Waals surface area contributed by atoms with Crippen molar-refractivity contribution in [3.8, 4) is 0 Å². The number of alkyl halides is 3. The van der Waals surface area contributed by atoms with Crippen molar-refractivity contribution in [1.82, 2.24) is 26.0 Å². The van der Waals surface area contributed by atoms with Crippen LogP contribution in [0.5, 0.6) is 0 Å². The number of hydrazine groups is 1. The van der Waals surface area contributed by atoms with Gasteiger partial charge in [0.2, 0.25) is 11.8 Å². The smallest absolute Gasteiger partial charge is 0.442 e. The molecule has 2 saturated heterocycles. The van der Waals surface area contributed by atoms with Crippen molar-refractivity contribution in [2.24, 2.45) is 28.6 Å². The monoisotopic (exact) mass is 575 g/mol. The van der Waals surface area contributed by atoms with Crippen LogP contribution in [0, 0.1) is 28.6 Å². The lowest BCUT2D eigenvalue weighted by Crippen LogP contribution is -2.62. The van der Waals surface area contributed by atoms with Gasteiger partial charge in [0.05, 0.1) is 12.5 Å². The van der Waals surface area contributed by atoms with Gasteiger partial charge in [0.15, 0.2) is 0 Å². The van der Waals surface area contributed by atoms with Crippen LogP contribution in [0.15, 0.2) is 0 Å². The minimum Gasteiger partial charge on any atom is -0.442 e. The number of ether oxygens (including phenoxy) is 1. The Labute approximate surface area is 231 Å². The van der Waals surface area contributed by atoms with E-state index in [1.54, 1.807) is 26.1 Å². The molecule has 0 aromatic rings. The standard InChI is InChI=1S/C26H40F3N5O6/c1-23(2,3)17(31-21(38)26(27,28)29)20(37)33-12-14-15(25(14,7)8)16(33)19(36)32-34(22(39)40-24(4,5)6)11-13-9-10-30-18(13)35/h13-17H,9-12H2,1-8H3,(H,30,35)(H,31,38)(H,32,36)/t13-,14-,15-,16-,17?/m0/s1. The van der Waals surface area contributed by atoms with E-state index in [9.17, 15) is 37.1 Å². The van der Waals surface area contributed by atoms with Crippen LogP contribution in [0.4, 0.5) is 18.0 Å². The summed E-state index contributed by atoms with van der Waals surface area (Å²) in [6.07, 6.45) is -5.66. The van der Waals surface area contributed by atoms with E-state index in [0.717, 1.165) is 5.01 Å². The molecule has 2 aliphatic heterocycles. The van der Waals surface area contributed by atoms with Gasteiger partial charge >= 0.3 is 18.2 Å². The highest BCUT2D eigenvalue weighted by Gasteiger charge is 2.70. The van der Waals surface area contributed by atoms with E-state index >= 15 is 0 Å². The van der Waals surface area contributed by atoms with Crippen molar-refractivity contribution in [2.45, 2.75) is 85.7 Å². The van der Waals surface area contributed by atoms with Gasteiger partial charge in [-0.1, -0.05) is 34.6 Å². The van der Waals surface area contributed by atoms with Gasteiger partial charge in [-0.15, -0.1) is 0 Å². The van der Waals surface area contributed by atoms with Crippen LogP contribution in [0.25, 0.3) is 0 Å². The van der Waals surface area contributed by atoms with Crippen LogP contribution in [0.1, 0.15) is 61.8 Å². The zero-order valence-corrected chi connectivity index (χ0v) is 24.2. The summed E-state index contributed by atoms with van der Waals surface area (Å²) >= 11 is 0. The number of carbonyl (C=O) groups excluding carboxylic acids is 5. The normalized spacial score (nSPS) is 26.4. The molecule has 1 saturated carbocycles. The maximum atomic E-state index is 13.8. The minimum absolute atomic E-state index is 0.0977. The number of rotatable bonds is 5. The molecule has 0 aromatic carbocycles.